The smallest absolute Gasteiger partial charge is 0.240 e. The molecule has 1 rings (SSSR count). The molecule has 0 aromatic rings. The Morgan fingerprint density at radius 1 is 1.47 bits per heavy atom. The lowest BCUT2D eigenvalue weighted by atomic mass is 10.2. The fourth-order valence-corrected chi connectivity index (χ4v) is 1.58. The van der Waals surface area contributed by atoms with Gasteiger partial charge in [0, 0.05) is 13.0 Å². The van der Waals surface area contributed by atoms with Crippen LogP contribution in [-0.2, 0) is 9.59 Å². The van der Waals surface area contributed by atoms with Crippen molar-refractivity contribution < 1.29 is 9.59 Å². The van der Waals surface area contributed by atoms with Crippen molar-refractivity contribution in [3.63, 3.8) is 0 Å². The number of terminal acetylenes is 1. The Morgan fingerprint density at radius 2 is 2.27 bits per heavy atom. The standard InChI is InChI=1S/C11H16N2O2/c1-2-7-12-10(14)9-13-8-5-3-4-6-11(13)15/h1H,3-9H2,(H,12,14). The van der Waals surface area contributed by atoms with Gasteiger partial charge in [-0.1, -0.05) is 12.3 Å². The first-order chi connectivity index (χ1) is 7.24. The van der Waals surface area contributed by atoms with Crippen LogP contribution in [0.1, 0.15) is 25.7 Å². The van der Waals surface area contributed by atoms with Crippen molar-refractivity contribution in [1.29, 1.82) is 0 Å². The molecule has 0 aromatic carbocycles. The molecule has 0 radical (unpaired) electrons. The van der Waals surface area contributed by atoms with Gasteiger partial charge in [-0.15, -0.1) is 6.42 Å². The van der Waals surface area contributed by atoms with Gasteiger partial charge in [-0.3, -0.25) is 9.59 Å². The summed E-state index contributed by atoms with van der Waals surface area (Å²) in [5.74, 6) is 2.22. The molecule has 4 nitrogen and oxygen atoms in total. The van der Waals surface area contributed by atoms with Gasteiger partial charge in [0.2, 0.25) is 11.8 Å². The third-order valence-corrected chi connectivity index (χ3v) is 2.39. The lowest BCUT2D eigenvalue weighted by Gasteiger charge is -2.19. The van der Waals surface area contributed by atoms with Gasteiger partial charge < -0.3 is 10.2 Å². The topological polar surface area (TPSA) is 49.4 Å². The predicted octanol–water partition coefficient (Wildman–Crippen LogP) is 0.138. The van der Waals surface area contributed by atoms with Crippen LogP contribution in [0, 0.1) is 12.3 Å². The molecule has 0 aromatic heterocycles. The largest absolute Gasteiger partial charge is 0.344 e. The monoisotopic (exact) mass is 208 g/mol. The Labute approximate surface area is 90.0 Å². The van der Waals surface area contributed by atoms with Gasteiger partial charge in [0.25, 0.3) is 0 Å². The van der Waals surface area contributed by atoms with E-state index in [-0.39, 0.29) is 24.9 Å². The van der Waals surface area contributed by atoms with Gasteiger partial charge in [-0.2, -0.15) is 0 Å². The summed E-state index contributed by atoms with van der Waals surface area (Å²) in [6, 6.07) is 0. The van der Waals surface area contributed by atoms with Crippen LogP contribution in [0.4, 0.5) is 0 Å². The van der Waals surface area contributed by atoms with Crippen LogP contribution in [0.25, 0.3) is 0 Å². The molecule has 1 fully saturated rings. The van der Waals surface area contributed by atoms with Crippen molar-refractivity contribution in [2.45, 2.75) is 25.7 Å². The fraction of sp³-hybridized carbons (Fsp3) is 0.636. The van der Waals surface area contributed by atoms with E-state index in [9.17, 15) is 9.59 Å². The lowest BCUT2D eigenvalue weighted by molar-refractivity contribution is -0.135. The van der Waals surface area contributed by atoms with Crippen molar-refractivity contribution in [3.05, 3.63) is 0 Å². The first kappa shape index (κ1) is 11.6. The molecule has 0 unspecified atom stereocenters. The Hall–Kier alpha value is -1.50. The van der Waals surface area contributed by atoms with E-state index >= 15 is 0 Å². The number of nitrogens with zero attached hydrogens (tertiary/aromatic N) is 1. The first-order valence-corrected chi connectivity index (χ1v) is 5.22. The summed E-state index contributed by atoms with van der Waals surface area (Å²) in [4.78, 5) is 24.5. The highest BCUT2D eigenvalue weighted by atomic mass is 16.2. The molecule has 4 heteroatoms. The fourth-order valence-electron chi connectivity index (χ4n) is 1.58. The van der Waals surface area contributed by atoms with Crippen LogP contribution in [0.3, 0.4) is 0 Å². The van der Waals surface area contributed by atoms with E-state index in [1.807, 2.05) is 0 Å². The number of carbonyl (C=O) groups excluding carboxylic acids is 2. The molecule has 1 aliphatic rings. The van der Waals surface area contributed by atoms with Crippen LogP contribution >= 0.6 is 0 Å². The van der Waals surface area contributed by atoms with E-state index in [1.165, 1.54) is 0 Å². The van der Waals surface area contributed by atoms with Crippen molar-refractivity contribution >= 4 is 11.8 Å². The summed E-state index contributed by atoms with van der Waals surface area (Å²) in [6.45, 7) is 1.05. The SMILES string of the molecule is C#CCNC(=O)CN1CCCCCC1=O. The normalized spacial score (nSPS) is 16.7. The van der Waals surface area contributed by atoms with Crippen molar-refractivity contribution in [1.82, 2.24) is 10.2 Å². The lowest BCUT2D eigenvalue weighted by Crippen LogP contribution is -2.40. The molecule has 0 saturated carbocycles. The second kappa shape index (κ2) is 6.07. The number of carbonyl (C=O) groups is 2. The molecular formula is C11H16N2O2. The summed E-state index contributed by atoms with van der Waals surface area (Å²) >= 11 is 0. The zero-order valence-electron chi connectivity index (χ0n) is 8.79. The second-order valence-corrected chi connectivity index (χ2v) is 3.61. The van der Waals surface area contributed by atoms with Gasteiger partial charge in [0.1, 0.15) is 0 Å². The quantitative estimate of drug-likeness (QED) is 0.671. The average Bonchev–Trinajstić information content (AvgIpc) is 2.42. The Kier molecular flexibility index (Phi) is 4.69. The third-order valence-electron chi connectivity index (χ3n) is 2.39. The molecule has 1 saturated heterocycles. The van der Waals surface area contributed by atoms with Crippen molar-refractivity contribution in [3.8, 4) is 12.3 Å². The molecule has 82 valence electrons. The maximum Gasteiger partial charge on any atom is 0.240 e. The van der Waals surface area contributed by atoms with Crippen LogP contribution < -0.4 is 5.32 Å². The summed E-state index contributed by atoms with van der Waals surface area (Å²) in [7, 11) is 0. The van der Waals surface area contributed by atoms with Crippen LogP contribution in [-0.4, -0.2) is 36.3 Å². The number of amides is 2. The molecule has 1 N–H and O–H groups in total. The van der Waals surface area contributed by atoms with E-state index in [4.69, 9.17) is 6.42 Å². The number of hydrogen-bond acceptors (Lipinski definition) is 2. The Bertz CT molecular complexity index is 281. The summed E-state index contributed by atoms with van der Waals surface area (Å²) < 4.78 is 0. The molecule has 1 heterocycles. The Balaban J connectivity index is 2.38. The summed E-state index contributed by atoms with van der Waals surface area (Å²) in [6.07, 6.45) is 8.55. The third kappa shape index (κ3) is 4.03. The summed E-state index contributed by atoms with van der Waals surface area (Å²) in [5.41, 5.74) is 0. The van der Waals surface area contributed by atoms with Crippen molar-refractivity contribution in [2.75, 3.05) is 19.6 Å². The molecule has 0 atom stereocenters. The van der Waals surface area contributed by atoms with Gasteiger partial charge >= 0.3 is 0 Å². The number of rotatable bonds is 3. The van der Waals surface area contributed by atoms with Gasteiger partial charge in [-0.25, -0.2) is 0 Å². The Morgan fingerprint density at radius 3 is 3.00 bits per heavy atom. The molecule has 2 amide bonds. The minimum Gasteiger partial charge on any atom is -0.344 e. The molecular weight excluding hydrogens is 192 g/mol. The second-order valence-electron chi connectivity index (χ2n) is 3.61. The van der Waals surface area contributed by atoms with E-state index in [1.54, 1.807) is 4.90 Å². The molecule has 0 spiro atoms. The number of nitrogens with one attached hydrogen (secondary N) is 1. The van der Waals surface area contributed by atoms with Gasteiger partial charge in [0.05, 0.1) is 13.1 Å². The molecule has 15 heavy (non-hydrogen) atoms. The number of likely N-dealkylation sites (tertiary alicyclic amines) is 1. The number of hydrogen-bond donors (Lipinski definition) is 1. The van der Waals surface area contributed by atoms with Gasteiger partial charge in [0.15, 0.2) is 0 Å². The van der Waals surface area contributed by atoms with E-state index < -0.39 is 0 Å². The molecule has 0 bridgehead atoms. The van der Waals surface area contributed by atoms with E-state index in [0.717, 1.165) is 19.3 Å². The van der Waals surface area contributed by atoms with Crippen LogP contribution in [0.2, 0.25) is 0 Å². The van der Waals surface area contributed by atoms with Gasteiger partial charge in [-0.05, 0) is 12.8 Å². The minimum atomic E-state index is -0.178. The molecule has 1 aliphatic heterocycles. The first-order valence-electron chi connectivity index (χ1n) is 5.22. The zero-order valence-corrected chi connectivity index (χ0v) is 8.79. The highest BCUT2D eigenvalue weighted by Gasteiger charge is 2.18. The van der Waals surface area contributed by atoms with E-state index in [2.05, 4.69) is 11.2 Å². The molecule has 0 aliphatic carbocycles. The minimum absolute atomic E-state index is 0.0726. The average molecular weight is 208 g/mol. The van der Waals surface area contributed by atoms with Crippen LogP contribution in [0.15, 0.2) is 0 Å². The summed E-state index contributed by atoms with van der Waals surface area (Å²) in [5, 5.41) is 2.55. The maximum atomic E-state index is 11.5. The van der Waals surface area contributed by atoms with Crippen LogP contribution in [0.5, 0.6) is 0 Å². The predicted molar refractivity (Wildman–Crippen MR) is 56.9 cm³/mol. The highest BCUT2D eigenvalue weighted by molar-refractivity contribution is 5.84. The van der Waals surface area contributed by atoms with Crippen molar-refractivity contribution in [2.24, 2.45) is 0 Å². The zero-order chi connectivity index (χ0) is 11.1. The van der Waals surface area contributed by atoms with E-state index in [0.29, 0.717) is 13.0 Å². The highest BCUT2D eigenvalue weighted by Crippen LogP contribution is 2.10. The maximum absolute atomic E-state index is 11.5.